The molecule has 1 fully saturated rings. The molecule has 0 spiro atoms. The molecule has 0 heterocycles. The van der Waals surface area contributed by atoms with Crippen molar-refractivity contribution in [1.82, 2.24) is 0 Å². The van der Waals surface area contributed by atoms with Crippen LogP contribution in [0.5, 0.6) is 0 Å². The minimum Gasteiger partial charge on any atom is -0.462 e. The van der Waals surface area contributed by atoms with Crippen molar-refractivity contribution in [3.8, 4) is 0 Å². The van der Waals surface area contributed by atoms with Crippen LogP contribution in [-0.4, -0.2) is 71.4 Å². The van der Waals surface area contributed by atoms with E-state index in [-0.39, 0.29) is 12.0 Å². The van der Waals surface area contributed by atoms with E-state index in [1.165, 1.54) is 26.0 Å². The standard InChI is InChI=1S/C32H44O12/c1-15(2)30(39)43-27-26(42-21(8)35)18(5)25(41-20(7)34)23-24(40-19(6)33)17(4)14-32(23,44-22(9)36)28(37)16(3)12-13-31(10,11)29(27)38/h12-13,15-17,23-27H,5,14H2,1-4,6-11H3/b13-12+/t16-,17+,23-,24+,25+,26+,27-,32+/m1/s1. The third-order valence-corrected chi connectivity index (χ3v) is 7.86. The first-order valence-electron chi connectivity index (χ1n) is 14.5. The molecule has 0 radical (unpaired) electrons. The third-order valence-electron chi connectivity index (χ3n) is 7.86. The molecular formula is C32H44O12. The second-order valence-electron chi connectivity index (χ2n) is 12.5. The van der Waals surface area contributed by atoms with Crippen molar-refractivity contribution < 1.29 is 57.2 Å². The molecule has 2 aliphatic rings. The number of fused-ring (bicyclic) bond motifs is 1. The Morgan fingerprint density at radius 2 is 1.32 bits per heavy atom. The van der Waals surface area contributed by atoms with Crippen LogP contribution in [0.15, 0.2) is 24.3 Å². The normalized spacial score (nSPS) is 32.8. The summed E-state index contributed by atoms with van der Waals surface area (Å²) in [4.78, 5) is 91.4. The predicted octanol–water partition coefficient (Wildman–Crippen LogP) is 3.23. The molecule has 0 unspecified atom stereocenters. The predicted molar refractivity (Wildman–Crippen MR) is 154 cm³/mol. The second kappa shape index (κ2) is 13.9. The first-order valence-corrected chi connectivity index (χ1v) is 14.5. The van der Waals surface area contributed by atoms with Gasteiger partial charge < -0.3 is 23.7 Å². The van der Waals surface area contributed by atoms with E-state index in [2.05, 4.69) is 6.58 Å². The summed E-state index contributed by atoms with van der Waals surface area (Å²) in [5.41, 5.74) is -3.65. The Bertz CT molecular complexity index is 1240. The Labute approximate surface area is 257 Å². The molecule has 1 saturated carbocycles. The van der Waals surface area contributed by atoms with Crippen LogP contribution in [0, 0.1) is 29.1 Å². The van der Waals surface area contributed by atoms with Gasteiger partial charge in [-0.1, -0.05) is 46.4 Å². The molecule has 12 nitrogen and oxygen atoms in total. The van der Waals surface area contributed by atoms with Gasteiger partial charge in [0.2, 0.25) is 6.10 Å². The number of ether oxygens (including phenoxy) is 5. The summed E-state index contributed by atoms with van der Waals surface area (Å²) in [6.45, 7) is 17.8. The van der Waals surface area contributed by atoms with E-state index in [1.54, 1.807) is 27.7 Å². The Kier molecular flexibility index (Phi) is 11.5. The minimum atomic E-state index is -2.02. The molecule has 12 heteroatoms. The summed E-state index contributed by atoms with van der Waals surface area (Å²) in [5.74, 6) is -9.04. The Hall–Kier alpha value is -3.83. The highest BCUT2D eigenvalue weighted by Crippen LogP contribution is 2.51. The van der Waals surface area contributed by atoms with Gasteiger partial charge in [0.1, 0.15) is 12.2 Å². The molecule has 0 aromatic rings. The quantitative estimate of drug-likeness (QED) is 0.242. The van der Waals surface area contributed by atoms with Crippen molar-refractivity contribution in [2.24, 2.45) is 29.1 Å². The lowest BCUT2D eigenvalue weighted by Crippen LogP contribution is -2.58. The smallest absolute Gasteiger partial charge is 0.309 e. The number of carbonyl (C=O) groups is 7. The van der Waals surface area contributed by atoms with E-state index in [1.807, 2.05) is 0 Å². The monoisotopic (exact) mass is 620 g/mol. The molecule has 44 heavy (non-hydrogen) atoms. The van der Waals surface area contributed by atoms with Gasteiger partial charge in [0, 0.05) is 51.0 Å². The largest absolute Gasteiger partial charge is 0.462 e. The molecule has 244 valence electrons. The van der Waals surface area contributed by atoms with Crippen molar-refractivity contribution in [1.29, 1.82) is 0 Å². The van der Waals surface area contributed by atoms with Gasteiger partial charge in [-0.05, 0) is 19.8 Å². The molecule has 2 rings (SSSR count). The lowest BCUT2D eigenvalue weighted by atomic mass is 9.72. The zero-order valence-corrected chi connectivity index (χ0v) is 27.1. The SMILES string of the molecule is C=C1[C@H](OC(C)=O)[C@H]2[C@@H](OC(C)=O)[C@@H](C)C[C@@]2(OC(C)=O)C(=O)[C@H](C)/C=C/C(C)(C)C(=O)[C@H](OC(=O)C(C)C)[C@H]1OC(C)=O. The van der Waals surface area contributed by atoms with E-state index >= 15 is 0 Å². The maximum absolute atomic E-state index is 14.4. The highest BCUT2D eigenvalue weighted by molar-refractivity contribution is 5.95. The Balaban J connectivity index is 3.08. The van der Waals surface area contributed by atoms with Gasteiger partial charge in [-0.25, -0.2) is 0 Å². The van der Waals surface area contributed by atoms with Crippen molar-refractivity contribution in [2.45, 2.75) is 106 Å². The molecule has 0 N–H and O–H groups in total. The number of allylic oxidation sites excluding steroid dienone is 2. The molecule has 0 amide bonds. The first-order chi connectivity index (χ1) is 20.2. The van der Waals surface area contributed by atoms with Crippen LogP contribution in [0.2, 0.25) is 0 Å². The van der Waals surface area contributed by atoms with Crippen LogP contribution in [0.3, 0.4) is 0 Å². The number of hydrogen-bond donors (Lipinski definition) is 0. The lowest BCUT2D eigenvalue weighted by Gasteiger charge is -2.42. The van der Waals surface area contributed by atoms with E-state index in [0.717, 1.165) is 27.7 Å². The van der Waals surface area contributed by atoms with Gasteiger partial charge in [0.05, 0.1) is 11.8 Å². The fraction of sp³-hybridized carbons (Fsp3) is 0.656. The molecule has 0 aliphatic heterocycles. The molecule has 0 aromatic heterocycles. The lowest BCUT2D eigenvalue weighted by molar-refractivity contribution is -0.187. The molecular weight excluding hydrogens is 576 g/mol. The zero-order valence-electron chi connectivity index (χ0n) is 27.1. The van der Waals surface area contributed by atoms with E-state index in [9.17, 15) is 33.6 Å². The summed E-state index contributed by atoms with van der Waals surface area (Å²) in [7, 11) is 0. The number of Topliss-reactive ketones (excluding diaryl/α,β-unsaturated/α-hetero) is 2. The van der Waals surface area contributed by atoms with Crippen LogP contribution in [0.1, 0.15) is 75.7 Å². The summed E-state index contributed by atoms with van der Waals surface area (Å²) >= 11 is 0. The molecule has 8 atom stereocenters. The van der Waals surface area contributed by atoms with Crippen LogP contribution in [-0.2, 0) is 57.2 Å². The van der Waals surface area contributed by atoms with Crippen LogP contribution >= 0.6 is 0 Å². The highest BCUT2D eigenvalue weighted by atomic mass is 16.6. The summed E-state index contributed by atoms with van der Waals surface area (Å²) in [5, 5.41) is 0. The maximum Gasteiger partial charge on any atom is 0.309 e. The molecule has 0 bridgehead atoms. The van der Waals surface area contributed by atoms with Crippen LogP contribution < -0.4 is 0 Å². The van der Waals surface area contributed by atoms with Gasteiger partial charge in [0.25, 0.3) is 0 Å². The average Bonchev–Trinajstić information content (AvgIpc) is 3.15. The summed E-state index contributed by atoms with van der Waals surface area (Å²) < 4.78 is 28.5. The Morgan fingerprint density at radius 3 is 1.80 bits per heavy atom. The number of esters is 5. The minimum absolute atomic E-state index is 0.121. The average molecular weight is 621 g/mol. The first kappa shape index (κ1) is 36.4. The number of hydrogen-bond acceptors (Lipinski definition) is 12. The topological polar surface area (TPSA) is 166 Å². The number of carbonyl (C=O) groups excluding carboxylic acids is 7. The fourth-order valence-corrected chi connectivity index (χ4v) is 5.88. The highest BCUT2D eigenvalue weighted by Gasteiger charge is 2.65. The number of rotatable bonds is 6. The second-order valence-corrected chi connectivity index (χ2v) is 12.5. The van der Waals surface area contributed by atoms with Crippen LogP contribution in [0.25, 0.3) is 0 Å². The maximum atomic E-state index is 14.4. The molecule has 2 aliphatic carbocycles. The van der Waals surface area contributed by atoms with Gasteiger partial charge in [-0.2, -0.15) is 0 Å². The van der Waals surface area contributed by atoms with Gasteiger partial charge in [-0.15, -0.1) is 0 Å². The van der Waals surface area contributed by atoms with Crippen molar-refractivity contribution in [2.75, 3.05) is 0 Å². The van der Waals surface area contributed by atoms with Crippen LogP contribution in [0.4, 0.5) is 0 Å². The Morgan fingerprint density at radius 1 is 0.795 bits per heavy atom. The van der Waals surface area contributed by atoms with Crippen molar-refractivity contribution >= 4 is 41.4 Å². The zero-order chi connectivity index (χ0) is 33.9. The number of ketones is 2. The van der Waals surface area contributed by atoms with Gasteiger partial charge in [-0.3, -0.25) is 33.6 Å². The van der Waals surface area contributed by atoms with Crippen molar-refractivity contribution in [3.05, 3.63) is 24.3 Å². The van der Waals surface area contributed by atoms with E-state index in [4.69, 9.17) is 23.7 Å². The summed E-state index contributed by atoms with van der Waals surface area (Å²) in [6.07, 6.45) is -3.49. The molecule has 0 saturated heterocycles. The van der Waals surface area contributed by atoms with Gasteiger partial charge in [0.15, 0.2) is 23.3 Å². The summed E-state index contributed by atoms with van der Waals surface area (Å²) in [6, 6.07) is 0. The van der Waals surface area contributed by atoms with E-state index in [0.29, 0.717) is 0 Å². The van der Waals surface area contributed by atoms with E-state index < -0.39 is 101 Å². The van der Waals surface area contributed by atoms with Crippen molar-refractivity contribution in [3.63, 3.8) is 0 Å². The van der Waals surface area contributed by atoms with Gasteiger partial charge >= 0.3 is 29.8 Å². The molecule has 0 aromatic carbocycles. The third kappa shape index (κ3) is 7.81. The fourth-order valence-electron chi connectivity index (χ4n) is 5.88.